The maximum atomic E-state index is 12.5. The lowest BCUT2D eigenvalue weighted by Crippen LogP contribution is -2.43. The average Bonchev–Trinajstić information content (AvgIpc) is 2.75. The number of likely N-dealkylation sites (tertiary alicyclic amines) is 1. The molecule has 0 aliphatic carbocycles. The molecule has 7 nitrogen and oxygen atoms in total. The standard InChI is InChI=1S/C21H23ClN4O3/c1-14-2-3-17(22)12-18(14)25-20(28)19(27)24-13-15-6-10-26(11-7-15)21(29)16-4-8-23-9-5-16/h2-5,8-9,12,15H,6-7,10-11,13H2,1H3,(H,24,27)(H,25,28). The van der Waals surface area contributed by atoms with Crippen LogP contribution in [-0.2, 0) is 9.59 Å². The summed E-state index contributed by atoms with van der Waals surface area (Å²) in [5.41, 5.74) is 1.96. The molecule has 8 heteroatoms. The summed E-state index contributed by atoms with van der Waals surface area (Å²) < 4.78 is 0. The van der Waals surface area contributed by atoms with Gasteiger partial charge in [-0.3, -0.25) is 19.4 Å². The van der Waals surface area contributed by atoms with Crippen LogP contribution in [0, 0.1) is 12.8 Å². The fraction of sp³-hybridized carbons (Fsp3) is 0.333. The number of anilines is 1. The molecular formula is C21H23ClN4O3. The van der Waals surface area contributed by atoms with E-state index in [9.17, 15) is 14.4 Å². The molecule has 0 unspecified atom stereocenters. The quantitative estimate of drug-likeness (QED) is 0.752. The van der Waals surface area contributed by atoms with Crippen molar-refractivity contribution in [2.75, 3.05) is 25.0 Å². The lowest BCUT2D eigenvalue weighted by molar-refractivity contribution is -0.136. The zero-order valence-electron chi connectivity index (χ0n) is 16.2. The second kappa shape index (κ2) is 9.52. The zero-order chi connectivity index (χ0) is 20.8. The minimum atomic E-state index is -0.722. The molecule has 1 aliphatic heterocycles. The number of nitrogens with zero attached hydrogens (tertiary/aromatic N) is 2. The molecule has 1 aliphatic rings. The minimum absolute atomic E-state index is 0.00819. The molecule has 1 aromatic carbocycles. The van der Waals surface area contributed by atoms with E-state index < -0.39 is 11.8 Å². The SMILES string of the molecule is Cc1ccc(Cl)cc1NC(=O)C(=O)NCC1CCN(C(=O)c2ccncc2)CC1. The number of hydrogen-bond acceptors (Lipinski definition) is 4. The van der Waals surface area contributed by atoms with Gasteiger partial charge >= 0.3 is 11.8 Å². The molecule has 3 rings (SSSR count). The van der Waals surface area contributed by atoms with Crippen LogP contribution >= 0.6 is 11.6 Å². The zero-order valence-corrected chi connectivity index (χ0v) is 16.9. The predicted octanol–water partition coefficient (Wildman–Crippen LogP) is 2.65. The maximum absolute atomic E-state index is 12.5. The predicted molar refractivity (Wildman–Crippen MR) is 111 cm³/mol. The van der Waals surface area contributed by atoms with Gasteiger partial charge in [0, 0.05) is 48.3 Å². The van der Waals surface area contributed by atoms with E-state index in [1.165, 1.54) is 0 Å². The molecule has 0 spiro atoms. The molecule has 0 atom stereocenters. The molecular weight excluding hydrogens is 392 g/mol. The Balaban J connectivity index is 1.44. The summed E-state index contributed by atoms with van der Waals surface area (Å²) in [5, 5.41) is 5.76. The number of aryl methyl sites for hydroxylation is 1. The summed E-state index contributed by atoms with van der Waals surface area (Å²) in [5.74, 6) is -1.19. The van der Waals surface area contributed by atoms with Gasteiger partial charge in [-0.15, -0.1) is 0 Å². The fourth-order valence-corrected chi connectivity index (χ4v) is 3.41. The monoisotopic (exact) mass is 414 g/mol. The van der Waals surface area contributed by atoms with Gasteiger partial charge in [-0.05, 0) is 55.5 Å². The van der Waals surface area contributed by atoms with Crippen molar-refractivity contribution >= 4 is 35.0 Å². The molecule has 2 heterocycles. The van der Waals surface area contributed by atoms with Gasteiger partial charge in [0.1, 0.15) is 0 Å². The Labute approximate surface area is 174 Å². The first-order chi connectivity index (χ1) is 13.9. The van der Waals surface area contributed by atoms with Crippen molar-refractivity contribution in [3.8, 4) is 0 Å². The van der Waals surface area contributed by atoms with Crippen molar-refractivity contribution in [2.24, 2.45) is 5.92 Å². The van der Waals surface area contributed by atoms with Crippen LogP contribution in [0.3, 0.4) is 0 Å². The second-order valence-electron chi connectivity index (χ2n) is 7.09. The highest BCUT2D eigenvalue weighted by molar-refractivity contribution is 6.40. The number of aromatic nitrogens is 1. The third kappa shape index (κ3) is 5.54. The molecule has 3 amide bonds. The molecule has 2 aromatic rings. The van der Waals surface area contributed by atoms with Crippen LogP contribution < -0.4 is 10.6 Å². The van der Waals surface area contributed by atoms with Crippen LogP contribution in [0.5, 0.6) is 0 Å². The highest BCUT2D eigenvalue weighted by atomic mass is 35.5. The van der Waals surface area contributed by atoms with E-state index in [0.29, 0.717) is 35.9 Å². The van der Waals surface area contributed by atoms with Gasteiger partial charge in [0.05, 0.1) is 0 Å². The van der Waals surface area contributed by atoms with E-state index in [-0.39, 0.29) is 11.8 Å². The number of hydrogen-bond donors (Lipinski definition) is 2. The lowest BCUT2D eigenvalue weighted by atomic mass is 9.96. The van der Waals surface area contributed by atoms with Crippen molar-refractivity contribution in [3.63, 3.8) is 0 Å². The van der Waals surface area contributed by atoms with E-state index >= 15 is 0 Å². The van der Waals surface area contributed by atoms with Crippen LogP contribution in [0.4, 0.5) is 5.69 Å². The Morgan fingerprint density at radius 1 is 1.10 bits per heavy atom. The highest BCUT2D eigenvalue weighted by Crippen LogP contribution is 2.20. The van der Waals surface area contributed by atoms with Crippen LogP contribution in [0.15, 0.2) is 42.7 Å². The third-order valence-electron chi connectivity index (χ3n) is 5.03. The number of pyridine rings is 1. The highest BCUT2D eigenvalue weighted by Gasteiger charge is 2.24. The molecule has 1 fully saturated rings. The summed E-state index contributed by atoms with van der Waals surface area (Å²) in [6, 6.07) is 8.51. The van der Waals surface area contributed by atoms with Gasteiger partial charge in [0.15, 0.2) is 0 Å². The van der Waals surface area contributed by atoms with Gasteiger partial charge < -0.3 is 15.5 Å². The number of carbonyl (C=O) groups excluding carboxylic acids is 3. The first-order valence-corrected chi connectivity index (χ1v) is 9.86. The van der Waals surface area contributed by atoms with E-state index in [0.717, 1.165) is 18.4 Å². The third-order valence-corrected chi connectivity index (χ3v) is 5.27. The van der Waals surface area contributed by atoms with Crippen LogP contribution in [0.1, 0.15) is 28.8 Å². The molecule has 1 aromatic heterocycles. The van der Waals surface area contributed by atoms with Crippen molar-refractivity contribution in [3.05, 3.63) is 58.9 Å². The van der Waals surface area contributed by atoms with E-state index in [2.05, 4.69) is 15.6 Å². The van der Waals surface area contributed by atoms with Gasteiger partial charge in [-0.25, -0.2) is 0 Å². The van der Waals surface area contributed by atoms with Crippen LogP contribution in [-0.4, -0.2) is 47.2 Å². The van der Waals surface area contributed by atoms with Crippen LogP contribution in [0.2, 0.25) is 5.02 Å². The Morgan fingerprint density at radius 2 is 1.79 bits per heavy atom. The molecule has 1 saturated heterocycles. The summed E-state index contributed by atoms with van der Waals surface area (Å²) in [6.45, 7) is 3.47. The summed E-state index contributed by atoms with van der Waals surface area (Å²) in [6.07, 6.45) is 4.75. The van der Waals surface area contributed by atoms with Gasteiger partial charge in [0.2, 0.25) is 0 Å². The molecule has 29 heavy (non-hydrogen) atoms. The Kier molecular flexibility index (Phi) is 6.82. The van der Waals surface area contributed by atoms with Gasteiger partial charge in [-0.2, -0.15) is 0 Å². The first-order valence-electron chi connectivity index (χ1n) is 9.48. The van der Waals surface area contributed by atoms with Crippen molar-refractivity contribution in [1.82, 2.24) is 15.2 Å². The van der Waals surface area contributed by atoms with Crippen molar-refractivity contribution in [2.45, 2.75) is 19.8 Å². The largest absolute Gasteiger partial charge is 0.348 e. The number of piperidine rings is 1. The molecule has 0 bridgehead atoms. The molecule has 2 N–H and O–H groups in total. The number of carbonyl (C=O) groups is 3. The number of rotatable bonds is 4. The van der Waals surface area contributed by atoms with Gasteiger partial charge in [0.25, 0.3) is 5.91 Å². The number of halogens is 1. The van der Waals surface area contributed by atoms with E-state index in [1.807, 2.05) is 11.8 Å². The molecule has 0 radical (unpaired) electrons. The number of benzene rings is 1. The Hall–Kier alpha value is -2.93. The van der Waals surface area contributed by atoms with E-state index in [1.54, 1.807) is 42.7 Å². The summed E-state index contributed by atoms with van der Waals surface area (Å²) in [4.78, 5) is 42.4. The second-order valence-corrected chi connectivity index (χ2v) is 7.53. The van der Waals surface area contributed by atoms with E-state index in [4.69, 9.17) is 11.6 Å². The van der Waals surface area contributed by atoms with Crippen molar-refractivity contribution in [1.29, 1.82) is 0 Å². The minimum Gasteiger partial charge on any atom is -0.348 e. The molecule has 152 valence electrons. The smallest absolute Gasteiger partial charge is 0.313 e. The first kappa shape index (κ1) is 20.8. The summed E-state index contributed by atoms with van der Waals surface area (Å²) in [7, 11) is 0. The average molecular weight is 415 g/mol. The fourth-order valence-electron chi connectivity index (χ4n) is 3.24. The number of amides is 3. The van der Waals surface area contributed by atoms with Gasteiger partial charge in [-0.1, -0.05) is 17.7 Å². The summed E-state index contributed by atoms with van der Waals surface area (Å²) >= 11 is 5.93. The number of nitrogens with one attached hydrogen (secondary N) is 2. The Morgan fingerprint density at radius 3 is 2.48 bits per heavy atom. The lowest BCUT2D eigenvalue weighted by Gasteiger charge is -2.32. The van der Waals surface area contributed by atoms with Crippen LogP contribution in [0.25, 0.3) is 0 Å². The Bertz CT molecular complexity index is 896. The van der Waals surface area contributed by atoms with Crippen molar-refractivity contribution < 1.29 is 14.4 Å². The topological polar surface area (TPSA) is 91.4 Å². The normalized spacial score (nSPS) is 14.3. The maximum Gasteiger partial charge on any atom is 0.313 e. The molecule has 0 saturated carbocycles.